The predicted octanol–water partition coefficient (Wildman–Crippen LogP) is 1.51. The smallest absolute Gasteiger partial charge is 0.221 e. The summed E-state index contributed by atoms with van der Waals surface area (Å²) in [6.07, 6.45) is 0.724. The second-order valence-electron chi connectivity index (χ2n) is 4.68. The van der Waals surface area contributed by atoms with Gasteiger partial charge in [-0.15, -0.1) is 5.10 Å². The summed E-state index contributed by atoms with van der Waals surface area (Å²) in [5.74, 6) is 1.06. The van der Waals surface area contributed by atoms with Crippen molar-refractivity contribution in [1.29, 1.82) is 0 Å². The zero-order valence-corrected chi connectivity index (χ0v) is 10.4. The van der Waals surface area contributed by atoms with Crippen LogP contribution in [0.25, 0.3) is 11.4 Å². The van der Waals surface area contributed by atoms with E-state index >= 15 is 0 Å². The number of benzene rings is 1. The van der Waals surface area contributed by atoms with Gasteiger partial charge >= 0.3 is 0 Å². The summed E-state index contributed by atoms with van der Waals surface area (Å²) in [6.45, 7) is 1.62. The highest BCUT2D eigenvalue weighted by Crippen LogP contribution is 2.24. The van der Waals surface area contributed by atoms with E-state index < -0.39 is 0 Å². The van der Waals surface area contributed by atoms with Crippen LogP contribution < -0.4 is 5.32 Å². The standard InChI is InChI=1S/C13H15FN4O/c14-11-4-2-1-3-10(11)12-16-13-15-7-9(5-6-19)8-18(13)17-12/h1-4,9,19H,5-8H2,(H,15,16,17). The molecule has 0 bridgehead atoms. The average Bonchev–Trinajstić information content (AvgIpc) is 2.82. The van der Waals surface area contributed by atoms with Gasteiger partial charge in [0, 0.05) is 19.7 Å². The molecule has 0 saturated heterocycles. The zero-order valence-electron chi connectivity index (χ0n) is 10.4. The molecule has 0 aliphatic carbocycles. The third kappa shape index (κ3) is 2.31. The van der Waals surface area contributed by atoms with Gasteiger partial charge in [0.15, 0.2) is 5.82 Å². The summed E-state index contributed by atoms with van der Waals surface area (Å²) in [6, 6.07) is 6.48. The molecule has 3 rings (SSSR count). The summed E-state index contributed by atoms with van der Waals surface area (Å²) in [4.78, 5) is 4.31. The van der Waals surface area contributed by atoms with Crippen LogP contribution in [0.3, 0.4) is 0 Å². The third-order valence-electron chi connectivity index (χ3n) is 3.30. The van der Waals surface area contributed by atoms with Gasteiger partial charge in [-0.2, -0.15) is 4.98 Å². The summed E-state index contributed by atoms with van der Waals surface area (Å²) in [5, 5.41) is 16.5. The van der Waals surface area contributed by atoms with E-state index in [4.69, 9.17) is 5.11 Å². The van der Waals surface area contributed by atoms with Crippen LogP contribution in [-0.4, -0.2) is 33.0 Å². The van der Waals surface area contributed by atoms with Gasteiger partial charge in [0.1, 0.15) is 5.82 Å². The van der Waals surface area contributed by atoms with Crippen molar-refractivity contribution in [1.82, 2.24) is 14.8 Å². The van der Waals surface area contributed by atoms with Gasteiger partial charge in [0.2, 0.25) is 5.95 Å². The van der Waals surface area contributed by atoms with Crippen LogP contribution in [0.15, 0.2) is 24.3 Å². The Bertz CT molecular complexity index is 584. The lowest BCUT2D eigenvalue weighted by Crippen LogP contribution is -2.28. The van der Waals surface area contributed by atoms with Crippen LogP contribution in [0.2, 0.25) is 0 Å². The Morgan fingerprint density at radius 1 is 1.42 bits per heavy atom. The highest BCUT2D eigenvalue weighted by molar-refractivity contribution is 5.57. The largest absolute Gasteiger partial charge is 0.396 e. The Morgan fingerprint density at radius 3 is 3.05 bits per heavy atom. The number of aliphatic hydroxyl groups excluding tert-OH is 1. The molecule has 19 heavy (non-hydrogen) atoms. The molecule has 100 valence electrons. The zero-order chi connectivity index (χ0) is 13.2. The minimum absolute atomic E-state index is 0.163. The normalized spacial score (nSPS) is 17.9. The Balaban J connectivity index is 1.90. The minimum Gasteiger partial charge on any atom is -0.396 e. The highest BCUT2D eigenvalue weighted by Gasteiger charge is 2.22. The number of rotatable bonds is 3. The summed E-state index contributed by atoms with van der Waals surface area (Å²) >= 11 is 0. The topological polar surface area (TPSA) is 63.0 Å². The van der Waals surface area contributed by atoms with Gasteiger partial charge in [-0.1, -0.05) is 12.1 Å². The molecule has 0 saturated carbocycles. The molecule has 1 unspecified atom stereocenters. The van der Waals surface area contributed by atoms with Crippen molar-refractivity contribution in [3.05, 3.63) is 30.1 Å². The molecule has 1 aliphatic heterocycles. The number of hydrogen-bond donors (Lipinski definition) is 2. The maximum Gasteiger partial charge on any atom is 0.221 e. The Kier molecular flexibility index (Phi) is 3.16. The molecule has 6 heteroatoms. The van der Waals surface area contributed by atoms with Crippen molar-refractivity contribution in [3.8, 4) is 11.4 Å². The Morgan fingerprint density at radius 2 is 2.26 bits per heavy atom. The van der Waals surface area contributed by atoms with E-state index in [-0.39, 0.29) is 12.4 Å². The molecule has 5 nitrogen and oxygen atoms in total. The lowest BCUT2D eigenvalue weighted by molar-refractivity contribution is 0.244. The maximum atomic E-state index is 13.7. The second-order valence-corrected chi connectivity index (χ2v) is 4.68. The first-order valence-corrected chi connectivity index (χ1v) is 6.32. The van der Waals surface area contributed by atoms with Gasteiger partial charge < -0.3 is 10.4 Å². The predicted molar refractivity (Wildman–Crippen MR) is 69.1 cm³/mol. The van der Waals surface area contributed by atoms with Gasteiger partial charge in [-0.3, -0.25) is 0 Å². The lowest BCUT2D eigenvalue weighted by Gasteiger charge is -2.22. The molecule has 1 aliphatic rings. The summed E-state index contributed by atoms with van der Waals surface area (Å²) in [5.41, 5.74) is 0.407. The van der Waals surface area contributed by atoms with Crippen molar-refractivity contribution in [3.63, 3.8) is 0 Å². The molecule has 0 radical (unpaired) electrons. The molecule has 1 aromatic carbocycles. The number of halogens is 1. The number of anilines is 1. The van der Waals surface area contributed by atoms with E-state index in [1.54, 1.807) is 22.9 Å². The van der Waals surface area contributed by atoms with E-state index in [1.807, 2.05) is 0 Å². The number of hydrogen-bond acceptors (Lipinski definition) is 4. The number of nitrogens with zero attached hydrogens (tertiary/aromatic N) is 3. The van der Waals surface area contributed by atoms with Crippen LogP contribution in [0.4, 0.5) is 10.3 Å². The summed E-state index contributed by atoms with van der Waals surface area (Å²) < 4.78 is 15.4. The van der Waals surface area contributed by atoms with Gasteiger partial charge in [0.05, 0.1) is 5.56 Å². The van der Waals surface area contributed by atoms with Crippen molar-refractivity contribution in [2.24, 2.45) is 5.92 Å². The van der Waals surface area contributed by atoms with Crippen molar-refractivity contribution >= 4 is 5.95 Å². The van der Waals surface area contributed by atoms with E-state index in [9.17, 15) is 4.39 Å². The first-order chi connectivity index (χ1) is 9.28. The molecule has 0 spiro atoms. The fourth-order valence-corrected chi connectivity index (χ4v) is 2.28. The number of aliphatic hydroxyl groups is 1. The van der Waals surface area contributed by atoms with Crippen molar-refractivity contribution < 1.29 is 9.50 Å². The Hall–Kier alpha value is -1.95. The SMILES string of the molecule is OCCC1CNc2nc(-c3ccccc3F)nn2C1. The molecule has 1 atom stereocenters. The molecule has 2 N–H and O–H groups in total. The molecule has 0 fully saturated rings. The summed E-state index contributed by atoms with van der Waals surface area (Å²) in [7, 11) is 0. The fraction of sp³-hybridized carbons (Fsp3) is 0.385. The molecule has 2 aromatic rings. The van der Waals surface area contributed by atoms with Crippen molar-refractivity contribution in [2.45, 2.75) is 13.0 Å². The van der Waals surface area contributed by atoms with E-state index in [2.05, 4.69) is 15.4 Å². The van der Waals surface area contributed by atoms with Crippen LogP contribution in [0.1, 0.15) is 6.42 Å². The molecule has 0 amide bonds. The lowest BCUT2D eigenvalue weighted by atomic mass is 10.1. The fourth-order valence-electron chi connectivity index (χ4n) is 2.28. The number of aromatic nitrogens is 3. The van der Waals surface area contributed by atoms with Crippen LogP contribution >= 0.6 is 0 Å². The third-order valence-corrected chi connectivity index (χ3v) is 3.30. The molecule has 1 aromatic heterocycles. The molecular formula is C13H15FN4O. The van der Waals surface area contributed by atoms with Crippen LogP contribution in [0.5, 0.6) is 0 Å². The van der Waals surface area contributed by atoms with Gasteiger partial charge in [-0.25, -0.2) is 9.07 Å². The van der Waals surface area contributed by atoms with Crippen LogP contribution in [0, 0.1) is 11.7 Å². The van der Waals surface area contributed by atoms with E-state index in [0.717, 1.165) is 13.0 Å². The average molecular weight is 262 g/mol. The minimum atomic E-state index is -0.322. The molecule has 2 heterocycles. The molecular weight excluding hydrogens is 247 g/mol. The monoisotopic (exact) mass is 262 g/mol. The first-order valence-electron chi connectivity index (χ1n) is 6.32. The number of fused-ring (bicyclic) bond motifs is 1. The van der Waals surface area contributed by atoms with Gasteiger partial charge in [-0.05, 0) is 24.5 Å². The Labute approximate surface area is 110 Å². The van der Waals surface area contributed by atoms with E-state index in [1.165, 1.54) is 6.07 Å². The first kappa shape index (κ1) is 12.1. The van der Waals surface area contributed by atoms with Crippen molar-refractivity contribution in [2.75, 3.05) is 18.5 Å². The van der Waals surface area contributed by atoms with Gasteiger partial charge in [0.25, 0.3) is 0 Å². The quantitative estimate of drug-likeness (QED) is 0.880. The maximum absolute atomic E-state index is 13.7. The van der Waals surface area contributed by atoms with Crippen LogP contribution in [-0.2, 0) is 6.54 Å². The number of nitrogens with one attached hydrogen (secondary N) is 1. The highest BCUT2D eigenvalue weighted by atomic mass is 19.1. The second kappa shape index (κ2) is 4.97. The van der Waals surface area contributed by atoms with E-state index in [0.29, 0.717) is 29.8 Å².